The molecule has 27 heavy (non-hydrogen) atoms. The molecule has 1 N–H and O–H groups in total. The first kappa shape index (κ1) is 18.8. The number of ether oxygens (including phenoxy) is 1. The van der Waals surface area contributed by atoms with Crippen LogP contribution in [0.3, 0.4) is 0 Å². The normalized spacial score (nSPS) is 18.9. The van der Waals surface area contributed by atoms with Crippen LogP contribution >= 0.6 is 0 Å². The number of alkyl halides is 3. The average Bonchev–Trinajstić information content (AvgIpc) is 2.97. The van der Waals surface area contributed by atoms with Crippen molar-refractivity contribution in [2.75, 3.05) is 5.32 Å². The third-order valence-electron chi connectivity index (χ3n) is 4.28. The van der Waals surface area contributed by atoms with E-state index in [-0.39, 0.29) is 31.0 Å². The molecule has 9 heteroatoms. The van der Waals surface area contributed by atoms with E-state index >= 15 is 0 Å². The lowest BCUT2D eigenvalue weighted by Gasteiger charge is -2.33. The molecule has 0 saturated heterocycles. The first-order valence-corrected chi connectivity index (χ1v) is 8.33. The third kappa shape index (κ3) is 4.05. The van der Waals surface area contributed by atoms with Gasteiger partial charge in [0, 0.05) is 6.07 Å². The molecule has 1 aliphatic heterocycles. The second-order valence-electron chi connectivity index (χ2n) is 6.29. The summed E-state index contributed by atoms with van der Waals surface area (Å²) in [4.78, 5) is 12.7. The van der Waals surface area contributed by atoms with Crippen molar-refractivity contribution in [2.24, 2.45) is 5.92 Å². The van der Waals surface area contributed by atoms with Gasteiger partial charge >= 0.3 is 6.18 Å². The van der Waals surface area contributed by atoms with Crippen molar-refractivity contribution in [3.63, 3.8) is 0 Å². The van der Waals surface area contributed by atoms with Crippen LogP contribution in [0.1, 0.15) is 17.7 Å². The summed E-state index contributed by atoms with van der Waals surface area (Å²) < 4.78 is 46.9. The van der Waals surface area contributed by atoms with E-state index in [0.29, 0.717) is 11.3 Å². The maximum Gasteiger partial charge on any atom is 0.426 e. The molecule has 142 valence electrons. The van der Waals surface area contributed by atoms with Gasteiger partial charge in [-0.15, -0.1) is 0 Å². The van der Waals surface area contributed by atoms with E-state index in [1.165, 1.54) is 10.7 Å². The number of hydrogen-bond donors (Lipinski definition) is 1. The zero-order chi connectivity index (χ0) is 19.6. The molecule has 2 aromatic rings. The van der Waals surface area contributed by atoms with E-state index in [1.54, 1.807) is 31.2 Å². The van der Waals surface area contributed by atoms with Crippen LogP contribution in [0.5, 0.6) is 5.75 Å². The zero-order valence-electron chi connectivity index (χ0n) is 14.5. The summed E-state index contributed by atoms with van der Waals surface area (Å²) >= 11 is 0. The molecule has 2 heterocycles. The zero-order valence-corrected chi connectivity index (χ0v) is 14.5. The lowest BCUT2D eigenvalue weighted by atomic mass is 9.89. The molecule has 0 saturated carbocycles. The largest absolute Gasteiger partial charge is 0.480 e. The summed E-state index contributed by atoms with van der Waals surface area (Å²) in [6.45, 7) is 1.92. The van der Waals surface area contributed by atoms with Crippen molar-refractivity contribution in [1.29, 1.82) is 5.26 Å². The fraction of sp³-hybridized carbons (Fsp3) is 0.389. The highest BCUT2D eigenvalue weighted by Gasteiger charge is 2.51. The van der Waals surface area contributed by atoms with E-state index in [2.05, 4.69) is 10.4 Å². The van der Waals surface area contributed by atoms with Crippen LogP contribution in [0, 0.1) is 24.2 Å². The van der Waals surface area contributed by atoms with Gasteiger partial charge in [0.15, 0.2) is 0 Å². The number of anilines is 1. The van der Waals surface area contributed by atoms with E-state index < -0.39 is 24.1 Å². The summed E-state index contributed by atoms with van der Waals surface area (Å²) in [5.41, 5.74) is 1.13. The minimum Gasteiger partial charge on any atom is -0.480 e. The van der Waals surface area contributed by atoms with Crippen molar-refractivity contribution in [2.45, 2.75) is 38.6 Å². The smallest absolute Gasteiger partial charge is 0.426 e. The molecule has 0 spiro atoms. The summed E-state index contributed by atoms with van der Waals surface area (Å²) in [7, 11) is 0. The van der Waals surface area contributed by atoms with Gasteiger partial charge in [-0.05, 0) is 25.0 Å². The molecule has 0 unspecified atom stereocenters. The average molecular weight is 378 g/mol. The van der Waals surface area contributed by atoms with Crippen molar-refractivity contribution < 1.29 is 22.7 Å². The Hall–Kier alpha value is -3.02. The minimum atomic E-state index is -4.69. The number of benzene rings is 1. The number of hydrogen-bond acceptors (Lipinski definition) is 4. The van der Waals surface area contributed by atoms with Crippen LogP contribution in [0.4, 0.5) is 19.0 Å². The van der Waals surface area contributed by atoms with Crippen LogP contribution in [0.2, 0.25) is 0 Å². The van der Waals surface area contributed by atoms with Gasteiger partial charge in [-0.3, -0.25) is 4.79 Å². The summed E-state index contributed by atoms with van der Waals surface area (Å²) in [5.74, 6) is -1.84. The number of nitrogens with zero attached hydrogens (tertiary/aromatic N) is 3. The number of carbonyl (C=O) groups is 1. The summed E-state index contributed by atoms with van der Waals surface area (Å²) in [6.07, 6.45) is -6.84. The second-order valence-corrected chi connectivity index (χ2v) is 6.29. The highest BCUT2D eigenvalue weighted by Crippen LogP contribution is 2.38. The molecule has 0 radical (unpaired) electrons. The number of para-hydroxylation sites is 1. The molecule has 2 atom stereocenters. The molecule has 1 amide bonds. The fourth-order valence-electron chi connectivity index (χ4n) is 3.07. The molecule has 1 aliphatic rings. The van der Waals surface area contributed by atoms with Gasteiger partial charge in [-0.1, -0.05) is 18.2 Å². The van der Waals surface area contributed by atoms with E-state index in [0.717, 1.165) is 0 Å². The SMILES string of the molecule is Cc1cc(NC(=O)[C@@H]2Cc3ccccc3O[C@H]2C(F)(F)F)n(CCC#N)n1. The Morgan fingerprint density at radius 1 is 1.44 bits per heavy atom. The van der Waals surface area contributed by atoms with Crippen molar-refractivity contribution in [3.8, 4) is 11.8 Å². The number of rotatable bonds is 4. The Kier molecular flexibility index (Phi) is 5.08. The third-order valence-corrected chi connectivity index (χ3v) is 4.28. The van der Waals surface area contributed by atoms with E-state index in [4.69, 9.17) is 10.00 Å². The maximum atomic E-state index is 13.5. The Morgan fingerprint density at radius 3 is 2.89 bits per heavy atom. The monoisotopic (exact) mass is 378 g/mol. The number of nitrogens with one attached hydrogen (secondary N) is 1. The lowest BCUT2D eigenvalue weighted by molar-refractivity contribution is -0.212. The summed E-state index contributed by atoms with van der Waals surface area (Å²) in [6, 6.07) is 9.89. The Labute approximate surface area is 153 Å². The van der Waals surface area contributed by atoms with Crippen LogP contribution in [0.25, 0.3) is 0 Å². The molecule has 3 rings (SSSR count). The number of fused-ring (bicyclic) bond motifs is 1. The summed E-state index contributed by atoms with van der Waals surface area (Å²) in [5, 5.41) is 15.4. The Morgan fingerprint density at radius 2 is 2.19 bits per heavy atom. The van der Waals surface area contributed by atoms with Gasteiger partial charge in [-0.2, -0.15) is 23.5 Å². The van der Waals surface area contributed by atoms with Gasteiger partial charge in [0.1, 0.15) is 11.6 Å². The molecular formula is C18H17F3N4O2. The van der Waals surface area contributed by atoms with E-state index in [9.17, 15) is 18.0 Å². The molecule has 6 nitrogen and oxygen atoms in total. The number of aryl methyl sites for hydroxylation is 2. The van der Waals surface area contributed by atoms with Gasteiger partial charge in [0.2, 0.25) is 12.0 Å². The molecule has 0 bridgehead atoms. The number of amides is 1. The van der Waals surface area contributed by atoms with Crippen LogP contribution in [0.15, 0.2) is 30.3 Å². The first-order valence-electron chi connectivity index (χ1n) is 8.33. The van der Waals surface area contributed by atoms with Gasteiger partial charge in [0.05, 0.1) is 30.6 Å². The Bertz CT molecular complexity index is 885. The molecule has 1 aromatic carbocycles. The number of carbonyl (C=O) groups excluding carboxylic acids is 1. The number of halogens is 3. The predicted molar refractivity (Wildman–Crippen MR) is 89.9 cm³/mol. The quantitative estimate of drug-likeness (QED) is 0.886. The van der Waals surface area contributed by atoms with Crippen molar-refractivity contribution in [1.82, 2.24) is 9.78 Å². The van der Waals surface area contributed by atoms with Gasteiger partial charge < -0.3 is 10.1 Å². The standard InChI is InChI=1S/C18H17F3N4O2/c1-11-9-15(25(24-11)8-4-7-22)23-17(26)13-10-12-5-2-3-6-14(12)27-16(13)18(19,20)21/h2-3,5-6,9,13,16H,4,8,10H2,1H3,(H,23,26)/t13-,16-/m1/s1. The van der Waals surface area contributed by atoms with Crippen LogP contribution in [-0.4, -0.2) is 28.0 Å². The first-order chi connectivity index (χ1) is 12.8. The van der Waals surface area contributed by atoms with Crippen molar-refractivity contribution >= 4 is 11.7 Å². The fourth-order valence-corrected chi connectivity index (χ4v) is 3.07. The Balaban J connectivity index is 1.85. The lowest BCUT2D eigenvalue weighted by Crippen LogP contribution is -2.49. The molecule has 0 fully saturated rings. The van der Waals surface area contributed by atoms with Gasteiger partial charge in [0.25, 0.3) is 0 Å². The molecule has 1 aromatic heterocycles. The van der Waals surface area contributed by atoms with Crippen LogP contribution < -0.4 is 10.1 Å². The minimum absolute atomic E-state index is 0.0858. The van der Waals surface area contributed by atoms with E-state index in [1.807, 2.05) is 6.07 Å². The highest BCUT2D eigenvalue weighted by molar-refractivity contribution is 5.92. The van der Waals surface area contributed by atoms with Gasteiger partial charge in [-0.25, -0.2) is 4.68 Å². The molecule has 0 aliphatic carbocycles. The maximum absolute atomic E-state index is 13.5. The highest BCUT2D eigenvalue weighted by atomic mass is 19.4. The number of aromatic nitrogens is 2. The topological polar surface area (TPSA) is 79.9 Å². The molecular weight excluding hydrogens is 361 g/mol. The second kappa shape index (κ2) is 7.31. The number of nitriles is 1. The van der Waals surface area contributed by atoms with Crippen LogP contribution in [-0.2, 0) is 17.8 Å². The predicted octanol–water partition coefficient (Wildman–Crippen LogP) is 3.23. The van der Waals surface area contributed by atoms with Crippen molar-refractivity contribution in [3.05, 3.63) is 41.6 Å².